The molecule has 0 atom stereocenters. The molecule has 3 rings (SSSR count). The molecule has 1 fully saturated rings. The predicted molar refractivity (Wildman–Crippen MR) is 83.8 cm³/mol. The largest absolute Gasteiger partial charge is 0.379 e. The summed E-state index contributed by atoms with van der Waals surface area (Å²) in [6.45, 7) is 6.80. The molecule has 4 nitrogen and oxygen atoms in total. The van der Waals surface area contributed by atoms with Crippen LogP contribution in [0.4, 0.5) is 11.4 Å². The van der Waals surface area contributed by atoms with Gasteiger partial charge in [0.05, 0.1) is 17.6 Å². The Balaban J connectivity index is 1.71. The van der Waals surface area contributed by atoms with E-state index in [1.54, 1.807) is 10.9 Å². The van der Waals surface area contributed by atoms with E-state index in [1.807, 2.05) is 12.4 Å². The third kappa shape index (κ3) is 2.69. The Labute approximate surface area is 119 Å². The Morgan fingerprint density at radius 1 is 1.25 bits per heavy atom. The van der Waals surface area contributed by atoms with Crippen LogP contribution >= 0.6 is 0 Å². The molecule has 0 bridgehead atoms. The maximum Gasteiger partial charge on any atom is 0.0602 e. The molecule has 2 heterocycles. The van der Waals surface area contributed by atoms with E-state index >= 15 is 0 Å². The van der Waals surface area contributed by atoms with E-state index in [0.29, 0.717) is 0 Å². The normalized spacial score (nSPS) is 14.5. The molecule has 1 aliphatic heterocycles. The molecule has 1 saturated heterocycles. The van der Waals surface area contributed by atoms with Gasteiger partial charge in [-0.3, -0.25) is 0 Å². The molecule has 1 aromatic heterocycles. The van der Waals surface area contributed by atoms with Crippen molar-refractivity contribution >= 4 is 17.6 Å². The average molecular weight is 268 g/mol. The number of nitrogens with zero attached hydrogens (tertiary/aromatic N) is 3. The highest BCUT2D eigenvalue weighted by molar-refractivity contribution is 5.70. The summed E-state index contributed by atoms with van der Waals surface area (Å²) in [5.74, 6) is 0. The van der Waals surface area contributed by atoms with E-state index in [4.69, 9.17) is 0 Å². The highest BCUT2D eigenvalue weighted by Crippen LogP contribution is 2.28. The number of nitrogens with one attached hydrogen (secondary N) is 1. The highest BCUT2D eigenvalue weighted by atomic mass is 15.2. The standard InChI is InChI=1S/C16H20N4/c1-2-20-13-14(12-18-20)11-17-15-7-3-4-8-16(15)19-9-5-6-10-19/h2-4,7-8,12-13,17H,1,5-6,9-11H2. The molecule has 1 N–H and O–H groups in total. The number of para-hydroxylation sites is 2. The lowest BCUT2D eigenvalue weighted by Gasteiger charge is -2.21. The van der Waals surface area contributed by atoms with Gasteiger partial charge in [0.15, 0.2) is 0 Å². The molecule has 2 aromatic rings. The maximum absolute atomic E-state index is 4.20. The van der Waals surface area contributed by atoms with Crippen LogP contribution < -0.4 is 10.2 Å². The van der Waals surface area contributed by atoms with Gasteiger partial charge in [0.25, 0.3) is 0 Å². The van der Waals surface area contributed by atoms with Crippen LogP contribution in [-0.2, 0) is 6.54 Å². The zero-order valence-electron chi connectivity index (χ0n) is 11.6. The molecule has 104 valence electrons. The molecule has 0 amide bonds. The first-order valence-corrected chi connectivity index (χ1v) is 7.10. The van der Waals surface area contributed by atoms with Gasteiger partial charge in [-0.1, -0.05) is 18.7 Å². The Morgan fingerprint density at radius 3 is 2.80 bits per heavy atom. The van der Waals surface area contributed by atoms with E-state index in [0.717, 1.165) is 25.2 Å². The van der Waals surface area contributed by atoms with E-state index in [9.17, 15) is 0 Å². The second-order valence-corrected chi connectivity index (χ2v) is 5.08. The Bertz CT molecular complexity index is 582. The predicted octanol–water partition coefficient (Wildman–Crippen LogP) is 3.20. The van der Waals surface area contributed by atoms with Crippen LogP contribution in [-0.4, -0.2) is 22.9 Å². The molecule has 0 spiro atoms. The summed E-state index contributed by atoms with van der Waals surface area (Å²) in [7, 11) is 0. The van der Waals surface area contributed by atoms with Gasteiger partial charge in [-0.25, -0.2) is 4.68 Å². The first kappa shape index (κ1) is 12.8. The summed E-state index contributed by atoms with van der Waals surface area (Å²) in [4.78, 5) is 2.45. The maximum atomic E-state index is 4.20. The SMILES string of the molecule is C=Cn1cc(CNc2ccccc2N2CCCC2)cn1. The summed E-state index contributed by atoms with van der Waals surface area (Å²) in [6.07, 6.45) is 8.13. The van der Waals surface area contributed by atoms with Crippen molar-refractivity contribution in [2.45, 2.75) is 19.4 Å². The van der Waals surface area contributed by atoms with Gasteiger partial charge < -0.3 is 10.2 Å². The number of aromatic nitrogens is 2. The second-order valence-electron chi connectivity index (χ2n) is 5.08. The first-order valence-electron chi connectivity index (χ1n) is 7.10. The van der Waals surface area contributed by atoms with Gasteiger partial charge in [-0.15, -0.1) is 0 Å². The van der Waals surface area contributed by atoms with Crippen molar-refractivity contribution in [2.24, 2.45) is 0 Å². The van der Waals surface area contributed by atoms with Gasteiger partial charge in [0.1, 0.15) is 0 Å². The quantitative estimate of drug-likeness (QED) is 0.904. The average Bonchev–Trinajstić information content (AvgIpc) is 3.17. The van der Waals surface area contributed by atoms with Crippen molar-refractivity contribution in [3.8, 4) is 0 Å². The number of hydrogen-bond acceptors (Lipinski definition) is 3. The summed E-state index contributed by atoms with van der Waals surface area (Å²) in [5.41, 5.74) is 3.66. The van der Waals surface area contributed by atoms with Crippen molar-refractivity contribution in [2.75, 3.05) is 23.3 Å². The minimum atomic E-state index is 0.776. The highest BCUT2D eigenvalue weighted by Gasteiger charge is 2.15. The van der Waals surface area contributed by atoms with Crippen molar-refractivity contribution < 1.29 is 0 Å². The van der Waals surface area contributed by atoms with Crippen LogP contribution in [0.2, 0.25) is 0 Å². The lowest BCUT2D eigenvalue weighted by Crippen LogP contribution is -2.19. The minimum Gasteiger partial charge on any atom is -0.379 e. The second kappa shape index (κ2) is 5.82. The van der Waals surface area contributed by atoms with Crippen LogP contribution in [0.15, 0.2) is 43.2 Å². The topological polar surface area (TPSA) is 33.1 Å². The molecule has 4 heteroatoms. The summed E-state index contributed by atoms with van der Waals surface area (Å²) in [5, 5.41) is 7.71. The van der Waals surface area contributed by atoms with E-state index in [-0.39, 0.29) is 0 Å². The number of benzene rings is 1. The first-order chi connectivity index (χ1) is 9.86. The summed E-state index contributed by atoms with van der Waals surface area (Å²) < 4.78 is 1.73. The number of rotatable bonds is 5. The monoisotopic (exact) mass is 268 g/mol. The zero-order chi connectivity index (χ0) is 13.8. The third-order valence-corrected chi connectivity index (χ3v) is 3.68. The van der Waals surface area contributed by atoms with Gasteiger partial charge in [0.2, 0.25) is 0 Å². The van der Waals surface area contributed by atoms with Crippen LogP contribution in [0.25, 0.3) is 6.20 Å². The van der Waals surface area contributed by atoms with Gasteiger partial charge in [-0.2, -0.15) is 5.10 Å². The molecule has 0 radical (unpaired) electrons. The fraction of sp³-hybridized carbons (Fsp3) is 0.312. The van der Waals surface area contributed by atoms with Crippen molar-refractivity contribution in [1.82, 2.24) is 9.78 Å². The van der Waals surface area contributed by atoms with Crippen molar-refractivity contribution in [1.29, 1.82) is 0 Å². The van der Waals surface area contributed by atoms with Gasteiger partial charge in [0, 0.05) is 37.6 Å². The minimum absolute atomic E-state index is 0.776. The van der Waals surface area contributed by atoms with Crippen LogP contribution in [0.1, 0.15) is 18.4 Å². The lowest BCUT2D eigenvalue weighted by atomic mass is 10.2. The molecular formula is C16H20N4. The molecule has 0 unspecified atom stereocenters. The Hall–Kier alpha value is -2.23. The lowest BCUT2D eigenvalue weighted by molar-refractivity contribution is 0.936. The Kier molecular flexibility index (Phi) is 3.72. The smallest absolute Gasteiger partial charge is 0.0602 e. The molecule has 0 saturated carbocycles. The van der Waals surface area contributed by atoms with Gasteiger partial charge in [-0.05, 0) is 25.0 Å². The van der Waals surface area contributed by atoms with Crippen molar-refractivity contribution in [3.63, 3.8) is 0 Å². The molecule has 1 aromatic carbocycles. The molecule has 0 aliphatic carbocycles. The van der Waals surface area contributed by atoms with Crippen LogP contribution in [0.3, 0.4) is 0 Å². The zero-order valence-corrected chi connectivity index (χ0v) is 11.6. The molecule has 1 aliphatic rings. The summed E-state index contributed by atoms with van der Waals surface area (Å²) in [6, 6.07) is 8.52. The van der Waals surface area contributed by atoms with Crippen LogP contribution in [0.5, 0.6) is 0 Å². The molecular weight excluding hydrogens is 248 g/mol. The fourth-order valence-corrected chi connectivity index (χ4v) is 2.62. The number of anilines is 2. The van der Waals surface area contributed by atoms with Gasteiger partial charge >= 0.3 is 0 Å². The van der Waals surface area contributed by atoms with Crippen LogP contribution in [0, 0.1) is 0 Å². The Morgan fingerprint density at radius 2 is 2.05 bits per heavy atom. The van der Waals surface area contributed by atoms with Crippen molar-refractivity contribution in [3.05, 3.63) is 48.8 Å². The van der Waals surface area contributed by atoms with E-state index in [1.165, 1.54) is 24.2 Å². The number of hydrogen-bond donors (Lipinski definition) is 1. The third-order valence-electron chi connectivity index (χ3n) is 3.68. The van der Waals surface area contributed by atoms with E-state index in [2.05, 4.69) is 46.2 Å². The summed E-state index contributed by atoms with van der Waals surface area (Å²) >= 11 is 0. The van der Waals surface area contributed by atoms with E-state index < -0.39 is 0 Å². The fourth-order valence-electron chi connectivity index (χ4n) is 2.62. The molecule has 20 heavy (non-hydrogen) atoms.